The summed E-state index contributed by atoms with van der Waals surface area (Å²) < 4.78 is 4.86. The molecule has 0 aromatic rings. The van der Waals surface area contributed by atoms with Crippen LogP contribution in [0.5, 0.6) is 0 Å². The molecule has 0 aromatic heterocycles. The van der Waals surface area contributed by atoms with E-state index in [0.29, 0.717) is 12.0 Å². The third-order valence-electron chi connectivity index (χ3n) is 3.65. The second-order valence-corrected chi connectivity index (χ2v) is 5.72. The number of ether oxygens (including phenoxy) is 1. The highest BCUT2D eigenvalue weighted by molar-refractivity contribution is 6.23. The molecule has 0 atom stereocenters. The van der Waals surface area contributed by atoms with E-state index in [4.69, 9.17) is 4.74 Å². The van der Waals surface area contributed by atoms with Crippen LogP contribution in [-0.2, 0) is 14.3 Å². The van der Waals surface area contributed by atoms with E-state index in [2.05, 4.69) is 19.9 Å². The summed E-state index contributed by atoms with van der Waals surface area (Å²) >= 11 is 0. The van der Waals surface area contributed by atoms with E-state index >= 15 is 0 Å². The summed E-state index contributed by atoms with van der Waals surface area (Å²) in [4.78, 5) is 24.2. The van der Waals surface area contributed by atoms with Gasteiger partial charge in [0.05, 0.1) is 7.11 Å². The maximum atomic E-state index is 12.2. The highest BCUT2D eigenvalue weighted by Gasteiger charge is 2.32. The van der Waals surface area contributed by atoms with Gasteiger partial charge in [0.2, 0.25) is 23.1 Å². The molecule has 1 N–H and O–H groups in total. The minimum atomic E-state index is -0.599. The second kappa shape index (κ2) is 7.78. The Balaban J connectivity index is 2.86. The first-order valence-electron chi connectivity index (χ1n) is 7.35. The predicted octanol–water partition coefficient (Wildman–Crippen LogP) is 3.95. The van der Waals surface area contributed by atoms with Crippen molar-refractivity contribution in [1.82, 2.24) is 0 Å². The van der Waals surface area contributed by atoms with Crippen molar-refractivity contribution in [3.05, 3.63) is 46.0 Å². The summed E-state index contributed by atoms with van der Waals surface area (Å²) in [6, 6.07) is 0. The number of carbonyl (C=O) groups is 2. The van der Waals surface area contributed by atoms with Gasteiger partial charge in [-0.05, 0) is 47.0 Å². The number of aliphatic hydroxyl groups is 1. The van der Waals surface area contributed by atoms with E-state index in [1.54, 1.807) is 6.92 Å². The topological polar surface area (TPSA) is 63.6 Å². The molecule has 0 bridgehead atoms. The molecule has 1 rings (SSSR count). The van der Waals surface area contributed by atoms with Gasteiger partial charge in [-0.3, -0.25) is 9.59 Å². The number of rotatable bonds is 6. The van der Waals surface area contributed by atoms with E-state index in [9.17, 15) is 14.7 Å². The summed E-state index contributed by atoms with van der Waals surface area (Å²) in [6.07, 6.45) is 6.37. The lowest BCUT2D eigenvalue weighted by atomic mass is 9.90. The minimum absolute atomic E-state index is 0.263. The molecule has 1 aliphatic rings. The number of hydrogen-bond donors (Lipinski definition) is 1. The predicted molar refractivity (Wildman–Crippen MR) is 86.4 cm³/mol. The average Bonchev–Trinajstić information content (AvgIpc) is 2.45. The standard InChI is InChI=1S/C18H24O4/c1-11(2)7-6-8-12(3)9-10-14-13(4)15(19)17(21)18(22-5)16(14)20/h7,9,21H,6,8,10H2,1-5H3/b12-9+. The number of carbonyl (C=O) groups excluding carboxylic acids is 2. The van der Waals surface area contributed by atoms with Gasteiger partial charge in [-0.1, -0.05) is 23.3 Å². The highest BCUT2D eigenvalue weighted by Crippen LogP contribution is 2.26. The molecule has 4 nitrogen and oxygen atoms in total. The van der Waals surface area contributed by atoms with Crippen LogP contribution in [0, 0.1) is 0 Å². The molecule has 0 radical (unpaired) electrons. The lowest BCUT2D eigenvalue weighted by Crippen LogP contribution is -2.23. The second-order valence-electron chi connectivity index (χ2n) is 5.72. The summed E-state index contributed by atoms with van der Waals surface area (Å²) in [5.41, 5.74) is 3.12. The number of ketones is 2. The van der Waals surface area contributed by atoms with Gasteiger partial charge < -0.3 is 9.84 Å². The molecule has 0 saturated heterocycles. The van der Waals surface area contributed by atoms with Crippen LogP contribution in [0.25, 0.3) is 0 Å². The van der Waals surface area contributed by atoms with Gasteiger partial charge in [0.25, 0.3) is 0 Å². The van der Waals surface area contributed by atoms with Gasteiger partial charge in [-0.2, -0.15) is 0 Å². The number of Topliss-reactive ketones (excluding diaryl/α,β-unsaturated/α-hetero) is 2. The van der Waals surface area contributed by atoms with Gasteiger partial charge in [0.15, 0.2) is 0 Å². The summed E-state index contributed by atoms with van der Waals surface area (Å²) in [7, 11) is 1.27. The molecule has 0 fully saturated rings. The van der Waals surface area contributed by atoms with E-state index in [-0.39, 0.29) is 11.3 Å². The smallest absolute Gasteiger partial charge is 0.228 e. The van der Waals surface area contributed by atoms with Crippen LogP contribution >= 0.6 is 0 Å². The molecule has 0 amide bonds. The highest BCUT2D eigenvalue weighted by atomic mass is 16.5. The van der Waals surface area contributed by atoms with Crippen LogP contribution in [0.2, 0.25) is 0 Å². The van der Waals surface area contributed by atoms with Crippen LogP contribution in [-0.4, -0.2) is 23.8 Å². The molecule has 0 unspecified atom stereocenters. The zero-order valence-corrected chi connectivity index (χ0v) is 13.9. The fourth-order valence-electron chi connectivity index (χ4n) is 2.23. The number of hydrogen-bond acceptors (Lipinski definition) is 4. The maximum Gasteiger partial charge on any atom is 0.228 e. The van der Waals surface area contributed by atoms with E-state index in [0.717, 1.165) is 18.4 Å². The SMILES string of the molecule is COC1=C(O)C(=O)C(C)=C(C/C=C(\C)CCC=C(C)C)C1=O. The Morgan fingerprint density at radius 3 is 2.32 bits per heavy atom. The van der Waals surface area contributed by atoms with Crippen molar-refractivity contribution in [3.63, 3.8) is 0 Å². The number of methoxy groups -OCH3 is 1. The quantitative estimate of drug-likeness (QED) is 0.596. The van der Waals surface area contributed by atoms with Crippen LogP contribution in [0.15, 0.2) is 46.0 Å². The Labute approximate surface area is 131 Å². The van der Waals surface area contributed by atoms with Gasteiger partial charge in [0, 0.05) is 11.1 Å². The normalized spacial score (nSPS) is 16.3. The molecule has 0 heterocycles. The monoisotopic (exact) mass is 304 g/mol. The average molecular weight is 304 g/mol. The van der Waals surface area contributed by atoms with Crippen LogP contribution < -0.4 is 0 Å². The molecule has 0 saturated carbocycles. The van der Waals surface area contributed by atoms with Crippen molar-refractivity contribution in [2.24, 2.45) is 0 Å². The molecular formula is C18H24O4. The van der Waals surface area contributed by atoms with Crippen molar-refractivity contribution in [3.8, 4) is 0 Å². The number of aliphatic hydroxyl groups excluding tert-OH is 1. The first-order chi connectivity index (χ1) is 10.3. The maximum absolute atomic E-state index is 12.2. The van der Waals surface area contributed by atoms with Crippen molar-refractivity contribution < 1.29 is 19.4 Å². The molecule has 0 spiro atoms. The molecule has 0 aromatic carbocycles. The lowest BCUT2D eigenvalue weighted by Gasteiger charge is -2.17. The van der Waals surface area contributed by atoms with E-state index in [1.165, 1.54) is 12.7 Å². The Hall–Kier alpha value is -2.10. The Kier molecular flexibility index (Phi) is 6.35. The van der Waals surface area contributed by atoms with Crippen molar-refractivity contribution in [1.29, 1.82) is 0 Å². The van der Waals surface area contributed by atoms with Gasteiger partial charge in [-0.15, -0.1) is 0 Å². The summed E-state index contributed by atoms with van der Waals surface area (Å²) in [5, 5.41) is 9.67. The largest absolute Gasteiger partial charge is 0.501 e. The number of allylic oxidation sites excluding steroid dienone is 6. The third kappa shape index (κ3) is 4.20. The molecule has 1 aliphatic carbocycles. The van der Waals surface area contributed by atoms with Crippen molar-refractivity contribution >= 4 is 11.6 Å². The van der Waals surface area contributed by atoms with Crippen LogP contribution in [0.1, 0.15) is 47.0 Å². The van der Waals surface area contributed by atoms with Crippen molar-refractivity contribution in [2.45, 2.75) is 47.0 Å². The first kappa shape index (κ1) is 18.0. The Bertz CT molecular complexity index is 597. The molecular weight excluding hydrogens is 280 g/mol. The van der Waals surface area contributed by atoms with Crippen LogP contribution in [0.4, 0.5) is 0 Å². The van der Waals surface area contributed by atoms with Gasteiger partial charge >= 0.3 is 0 Å². The minimum Gasteiger partial charge on any atom is -0.501 e. The van der Waals surface area contributed by atoms with Gasteiger partial charge in [0.1, 0.15) is 0 Å². The van der Waals surface area contributed by atoms with Gasteiger partial charge in [-0.25, -0.2) is 0 Å². The fourth-order valence-corrected chi connectivity index (χ4v) is 2.23. The third-order valence-corrected chi connectivity index (χ3v) is 3.65. The molecule has 4 heteroatoms. The summed E-state index contributed by atoms with van der Waals surface area (Å²) in [5.74, 6) is -1.81. The van der Waals surface area contributed by atoms with E-state index in [1.807, 2.05) is 13.0 Å². The van der Waals surface area contributed by atoms with Crippen molar-refractivity contribution in [2.75, 3.05) is 7.11 Å². The van der Waals surface area contributed by atoms with Crippen LogP contribution in [0.3, 0.4) is 0 Å². The molecule has 22 heavy (non-hydrogen) atoms. The first-order valence-corrected chi connectivity index (χ1v) is 7.35. The zero-order valence-electron chi connectivity index (χ0n) is 13.9. The van der Waals surface area contributed by atoms with E-state index < -0.39 is 17.3 Å². The molecule has 120 valence electrons. The molecule has 0 aliphatic heterocycles. The zero-order chi connectivity index (χ0) is 16.9. The summed E-state index contributed by atoms with van der Waals surface area (Å²) in [6.45, 7) is 7.69. The lowest BCUT2D eigenvalue weighted by molar-refractivity contribution is -0.120. The Morgan fingerprint density at radius 2 is 1.77 bits per heavy atom. The fraction of sp³-hybridized carbons (Fsp3) is 0.444. The Morgan fingerprint density at radius 1 is 1.14 bits per heavy atom.